The predicted octanol–water partition coefficient (Wildman–Crippen LogP) is 2.61. The molecule has 4 heteroatoms. The minimum atomic E-state index is -0.839. The molecule has 3 rings (SSSR count). The molecule has 1 atom stereocenters. The van der Waals surface area contributed by atoms with Crippen molar-refractivity contribution in [3.05, 3.63) is 77.5 Å². The van der Waals surface area contributed by atoms with E-state index in [1.165, 1.54) is 6.21 Å². The van der Waals surface area contributed by atoms with Crippen LogP contribution in [0.15, 0.2) is 71.4 Å². The van der Waals surface area contributed by atoms with Gasteiger partial charge in [-0.3, -0.25) is 14.6 Å². The lowest BCUT2D eigenvalue weighted by Crippen LogP contribution is -2.20. The Morgan fingerprint density at radius 2 is 1.61 bits per heavy atom. The molecule has 1 heterocycles. The Morgan fingerprint density at radius 1 is 0.957 bits per heavy atom. The van der Waals surface area contributed by atoms with Gasteiger partial charge in [0.25, 0.3) is 0 Å². The van der Waals surface area contributed by atoms with Gasteiger partial charge in [0.1, 0.15) is 5.92 Å². The van der Waals surface area contributed by atoms with E-state index in [-0.39, 0.29) is 11.7 Å². The lowest BCUT2D eigenvalue weighted by Gasteiger charge is -1.98. The second-order valence-electron chi connectivity index (χ2n) is 5.28. The number of ketones is 1. The summed E-state index contributed by atoms with van der Waals surface area (Å²) in [5.41, 5.74) is 2.23. The number of carbonyl (C=O) groups is 2. The summed E-state index contributed by atoms with van der Waals surface area (Å²) in [6.45, 7) is 0.454. The second kappa shape index (κ2) is 6.83. The Labute approximate surface area is 134 Å². The van der Waals surface area contributed by atoms with Crippen LogP contribution in [0.4, 0.5) is 0 Å². The summed E-state index contributed by atoms with van der Waals surface area (Å²) in [4.78, 5) is 28.5. The highest BCUT2D eigenvalue weighted by Gasteiger charge is 2.35. The molecule has 1 fully saturated rings. The fourth-order valence-corrected chi connectivity index (χ4v) is 2.36. The molecule has 2 aromatic rings. The lowest BCUT2D eigenvalue weighted by molar-refractivity contribution is -0.124. The van der Waals surface area contributed by atoms with E-state index in [1.807, 2.05) is 60.7 Å². The molecule has 1 aliphatic heterocycles. The minimum Gasteiger partial charge on any atom is -0.322 e. The van der Waals surface area contributed by atoms with E-state index < -0.39 is 5.92 Å². The van der Waals surface area contributed by atoms with Crippen molar-refractivity contribution in [1.29, 1.82) is 0 Å². The Kier molecular flexibility index (Phi) is 4.43. The van der Waals surface area contributed by atoms with Crippen molar-refractivity contribution in [3.63, 3.8) is 0 Å². The number of amides is 1. The zero-order chi connectivity index (χ0) is 16.1. The predicted molar refractivity (Wildman–Crippen MR) is 89.7 cm³/mol. The van der Waals surface area contributed by atoms with Gasteiger partial charge in [-0.25, -0.2) is 0 Å². The van der Waals surface area contributed by atoms with Crippen molar-refractivity contribution in [2.24, 2.45) is 10.9 Å². The molecule has 0 saturated carbocycles. The summed E-state index contributed by atoms with van der Waals surface area (Å²) in [6.07, 6.45) is 3.13. The molecule has 0 radical (unpaired) electrons. The number of nitrogens with one attached hydrogen (secondary N) is 1. The van der Waals surface area contributed by atoms with E-state index in [1.54, 1.807) is 6.08 Å². The molecule has 0 aliphatic carbocycles. The van der Waals surface area contributed by atoms with Crippen LogP contribution in [0.1, 0.15) is 11.1 Å². The van der Waals surface area contributed by atoms with E-state index in [0.717, 1.165) is 11.1 Å². The smallest absolute Gasteiger partial charge is 0.240 e. The van der Waals surface area contributed by atoms with Gasteiger partial charge in [0.2, 0.25) is 5.91 Å². The average molecular weight is 304 g/mol. The molecule has 4 nitrogen and oxygen atoms in total. The molecular formula is C19H16N2O2. The number of rotatable bonds is 4. The normalized spacial score (nSPS) is 19.5. The van der Waals surface area contributed by atoms with Crippen molar-refractivity contribution in [2.45, 2.75) is 6.54 Å². The number of benzene rings is 2. The van der Waals surface area contributed by atoms with Crippen LogP contribution in [0.5, 0.6) is 0 Å². The SMILES string of the molecule is O=C1N/C(=C\c2ccccc2)C(=O)C1C=NCc1ccccc1. The number of hydrogen-bond acceptors (Lipinski definition) is 3. The number of carbonyl (C=O) groups excluding carboxylic acids is 2. The van der Waals surface area contributed by atoms with Crippen molar-refractivity contribution < 1.29 is 9.59 Å². The number of allylic oxidation sites excluding steroid dienone is 1. The highest BCUT2D eigenvalue weighted by Crippen LogP contribution is 2.16. The topological polar surface area (TPSA) is 58.5 Å². The highest BCUT2D eigenvalue weighted by molar-refractivity contribution is 6.26. The summed E-state index contributed by atoms with van der Waals surface area (Å²) < 4.78 is 0. The summed E-state index contributed by atoms with van der Waals surface area (Å²) in [7, 11) is 0. The quantitative estimate of drug-likeness (QED) is 0.536. The van der Waals surface area contributed by atoms with Crippen LogP contribution in [-0.4, -0.2) is 17.9 Å². The number of aliphatic imine (C=N–C) groups is 1. The molecule has 1 N–H and O–H groups in total. The molecule has 114 valence electrons. The van der Waals surface area contributed by atoms with Gasteiger partial charge in [-0.2, -0.15) is 0 Å². The fraction of sp³-hybridized carbons (Fsp3) is 0.105. The van der Waals surface area contributed by atoms with Crippen molar-refractivity contribution >= 4 is 24.0 Å². The maximum absolute atomic E-state index is 12.3. The van der Waals surface area contributed by atoms with E-state index in [4.69, 9.17) is 0 Å². The largest absolute Gasteiger partial charge is 0.322 e. The first kappa shape index (κ1) is 14.9. The van der Waals surface area contributed by atoms with Crippen LogP contribution in [0.25, 0.3) is 6.08 Å². The third-order valence-corrected chi connectivity index (χ3v) is 3.57. The van der Waals surface area contributed by atoms with Crippen LogP contribution in [0.3, 0.4) is 0 Å². The van der Waals surface area contributed by atoms with Gasteiger partial charge in [0, 0.05) is 6.21 Å². The Hall–Kier alpha value is -3.01. The third-order valence-electron chi connectivity index (χ3n) is 3.57. The summed E-state index contributed by atoms with van der Waals surface area (Å²) in [5.74, 6) is -1.40. The van der Waals surface area contributed by atoms with Crippen molar-refractivity contribution in [2.75, 3.05) is 0 Å². The first-order valence-corrected chi connectivity index (χ1v) is 7.40. The van der Waals surface area contributed by atoms with Crippen LogP contribution in [0.2, 0.25) is 0 Å². The molecular weight excluding hydrogens is 288 g/mol. The van der Waals surface area contributed by atoms with E-state index >= 15 is 0 Å². The highest BCUT2D eigenvalue weighted by atomic mass is 16.2. The van der Waals surface area contributed by atoms with Crippen LogP contribution < -0.4 is 5.32 Å². The molecule has 0 spiro atoms. The van der Waals surface area contributed by atoms with Gasteiger partial charge in [0.15, 0.2) is 5.78 Å². The van der Waals surface area contributed by atoms with E-state index in [9.17, 15) is 9.59 Å². The van der Waals surface area contributed by atoms with E-state index in [2.05, 4.69) is 10.3 Å². The number of hydrogen-bond donors (Lipinski definition) is 1. The molecule has 1 aliphatic rings. The summed E-state index contributed by atoms with van der Waals surface area (Å²) in [6, 6.07) is 19.1. The maximum atomic E-state index is 12.3. The average Bonchev–Trinajstić information content (AvgIpc) is 2.84. The van der Waals surface area contributed by atoms with Gasteiger partial charge in [0.05, 0.1) is 12.2 Å². The fourth-order valence-electron chi connectivity index (χ4n) is 2.36. The molecule has 1 amide bonds. The molecule has 0 bridgehead atoms. The third kappa shape index (κ3) is 3.61. The molecule has 1 unspecified atom stereocenters. The van der Waals surface area contributed by atoms with Gasteiger partial charge in [-0.1, -0.05) is 60.7 Å². The first-order chi connectivity index (χ1) is 11.2. The lowest BCUT2D eigenvalue weighted by atomic mass is 10.1. The minimum absolute atomic E-state index is 0.240. The molecule has 0 aromatic heterocycles. The Bertz CT molecular complexity index is 764. The number of nitrogens with zero attached hydrogens (tertiary/aromatic N) is 1. The Morgan fingerprint density at radius 3 is 2.30 bits per heavy atom. The van der Waals surface area contributed by atoms with Crippen LogP contribution in [0, 0.1) is 5.92 Å². The monoisotopic (exact) mass is 304 g/mol. The molecule has 23 heavy (non-hydrogen) atoms. The Balaban J connectivity index is 1.70. The number of Topliss-reactive ketones (excluding diaryl/α,β-unsaturated/α-hetero) is 1. The summed E-state index contributed by atoms with van der Waals surface area (Å²) in [5, 5.41) is 2.63. The van der Waals surface area contributed by atoms with Crippen LogP contribution >= 0.6 is 0 Å². The first-order valence-electron chi connectivity index (χ1n) is 7.40. The van der Waals surface area contributed by atoms with Crippen molar-refractivity contribution in [3.8, 4) is 0 Å². The maximum Gasteiger partial charge on any atom is 0.240 e. The van der Waals surface area contributed by atoms with Gasteiger partial charge < -0.3 is 5.32 Å². The molecule has 1 saturated heterocycles. The standard InChI is InChI=1S/C19H16N2O2/c22-18-16(13-20-12-15-9-5-2-6-10-15)19(23)21-17(18)11-14-7-3-1-4-8-14/h1-11,13,16H,12H2,(H,21,23)/b17-11-,20-13?. The second-order valence-corrected chi connectivity index (χ2v) is 5.28. The van der Waals surface area contributed by atoms with E-state index in [0.29, 0.717) is 12.2 Å². The zero-order valence-electron chi connectivity index (χ0n) is 12.5. The van der Waals surface area contributed by atoms with Gasteiger partial charge >= 0.3 is 0 Å². The zero-order valence-corrected chi connectivity index (χ0v) is 12.5. The molecule has 2 aromatic carbocycles. The van der Waals surface area contributed by atoms with Crippen molar-refractivity contribution in [1.82, 2.24) is 5.32 Å². The summed E-state index contributed by atoms with van der Waals surface area (Å²) >= 11 is 0. The van der Waals surface area contributed by atoms with Gasteiger partial charge in [-0.05, 0) is 17.2 Å². The van der Waals surface area contributed by atoms with Crippen LogP contribution in [-0.2, 0) is 16.1 Å². The van der Waals surface area contributed by atoms with Gasteiger partial charge in [-0.15, -0.1) is 0 Å².